The molecule has 1 heterocycles. The van der Waals surface area contributed by atoms with Gasteiger partial charge in [0.25, 0.3) is 0 Å². The number of halogens is 1. The van der Waals surface area contributed by atoms with Gasteiger partial charge in [0.1, 0.15) is 17.9 Å². The van der Waals surface area contributed by atoms with Gasteiger partial charge in [-0.05, 0) is 25.0 Å². The number of nitrogens with one attached hydrogen (secondary N) is 2. The van der Waals surface area contributed by atoms with Crippen molar-refractivity contribution in [3.05, 3.63) is 38.7 Å². The Balaban J connectivity index is 2.03. The minimum absolute atomic E-state index is 0.0743. The third-order valence-corrected chi connectivity index (χ3v) is 4.14. The minimum atomic E-state index is -1.19. The van der Waals surface area contributed by atoms with Crippen LogP contribution in [0.3, 0.4) is 0 Å². The molecule has 0 aliphatic heterocycles. The van der Waals surface area contributed by atoms with Crippen molar-refractivity contribution in [2.45, 2.75) is 19.8 Å². The normalized spacial score (nSPS) is 10.6. The highest BCUT2D eigenvalue weighted by atomic mass is 35.5. The first-order valence-corrected chi connectivity index (χ1v) is 8.26. The van der Waals surface area contributed by atoms with Crippen molar-refractivity contribution in [1.29, 1.82) is 0 Å². The smallest absolute Gasteiger partial charge is 0.339 e. The van der Waals surface area contributed by atoms with Crippen molar-refractivity contribution in [1.82, 2.24) is 10.6 Å². The molecule has 0 fully saturated rings. The number of phenolic OH excluding ortho intramolecular Hbond substituents is 1. The van der Waals surface area contributed by atoms with Crippen molar-refractivity contribution in [2.75, 3.05) is 13.1 Å². The summed E-state index contributed by atoms with van der Waals surface area (Å²) in [5.74, 6) is -2.52. The maximum Gasteiger partial charge on any atom is 0.339 e. The van der Waals surface area contributed by atoms with Gasteiger partial charge in [0.15, 0.2) is 0 Å². The number of fused-ring (bicyclic) bond motifs is 1. The number of hydrogen-bond acceptors (Lipinski definition) is 6. The van der Waals surface area contributed by atoms with Crippen LogP contribution in [0.1, 0.15) is 17.5 Å². The van der Waals surface area contributed by atoms with Gasteiger partial charge in [-0.2, -0.15) is 0 Å². The quantitative estimate of drug-likeness (QED) is 0.504. The number of phenols is 1. The van der Waals surface area contributed by atoms with E-state index >= 15 is 0 Å². The van der Waals surface area contributed by atoms with Crippen LogP contribution >= 0.6 is 11.6 Å². The Bertz CT molecular complexity index is 968. The van der Waals surface area contributed by atoms with E-state index in [-0.39, 0.29) is 41.3 Å². The van der Waals surface area contributed by atoms with Crippen LogP contribution in [-0.2, 0) is 20.8 Å². The van der Waals surface area contributed by atoms with Gasteiger partial charge in [-0.25, -0.2) is 4.79 Å². The molecule has 1 aromatic carbocycles. The molecule has 4 N–H and O–H groups in total. The Kier molecular flexibility index (Phi) is 6.40. The number of benzene rings is 1. The largest absolute Gasteiger partial charge is 0.506 e. The number of hydrogen-bond donors (Lipinski definition) is 4. The molecular weight excluding hydrogens is 380 g/mol. The fourth-order valence-corrected chi connectivity index (χ4v) is 2.59. The van der Waals surface area contributed by atoms with Crippen LogP contribution in [0.5, 0.6) is 5.75 Å². The lowest BCUT2D eigenvalue weighted by Crippen LogP contribution is -2.39. The molecule has 0 spiro atoms. The maximum atomic E-state index is 12.1. The predicted molar refractivity (Wildman–Crippen MR) is 95.9 cm³/mol. The second-order valence-corrected chi connectivity index (χ2v) is 6.15. The molecule has 2 aromatic rings. The summed E-state index contributed by atoms with van der Waals surface area (Å²) in [6.07, 6.45) is 0.000311. The van der Waals surface area contributed by atoms with Gasteiger partial charge in [0.05, 0.1) is 11.6 Å². The molecular formula is C17H17ClN2O7. The van der Waals surface area contributed by atoms with Gasteiger partial charge in [0, 0.05) is 23.4 Å². The molecule has 0 atom stereocenters. The van der Waals surface area contributed by atoms with Crippen LogP contribution in [0.4, 0.5) is 0 Å². The van der Waals surface area contributed by atoms with Gasteiger partial charge < -0.3 is 25.3 Å². The van der Waals surface area contributed by atoms with Gasteiger partial charge in [0.2, 0.25) is 11.8 Å². The van der Waals surface area contributed by atoms with Crippen LogP contribution in [-0.4, -0.2) is 41.1 Å². The third kappa shape index (κ3) is 5.20. The van der Waals surface area contributed by atoms with E-state index in [1.807, 2.05) is 0 Å². The van der Waals surface area contributed by atoms with Crippen LogP contribution < -0.4 is 16.3 Å². The topological polar surface area (TPSA) is 146 Å². The highest BCUT2D eigenvalue weighted by Gasteiger charge is 2.15. The molecule has 0 radical (unpaired) electrons. The first-order valence-electron chi connectivity index (χ1n) is 7.89. The van der Waals surface area contributed by atoms with Crippen molar-refractivity contribution >= 4 is 40.4 Å². The van der Waals surface area contributed by atoms with E-state index < -0.39 is 30.0 Å². The summed E-state index contributed by atoms with van der Waals surface area (Å²) in [7, 11) is 0. The number of aromatic hydroxyl groups is 1. The van der Waals surface area contributed by atoms with E-state index in [4.69, 9.17) is 21.1 Å². The zero-order valence-electron chi connectivity index (χ0n) is 14.3. The Hall–Kier alpha value is -3.07. The van der Waals surface area contributed by atoms with Crippen LogP contribution in [0.15, 0.2) is 21.3 Å². The Morgan fingerprint density at radius 3 is 2.48 bits per heavy atom. The van der Waals surface area contributed by atoms with E-state index in [1.54, 1.807) is 6.92 Å². The molecule has 2 rings (SSSR count). The summed E-state index contributed by atoms with van der Waals surface area (Å²) in [6.45, 7) is 0.773. The number of carbonyl (C=O) groups is 3. The van der Waals surface area contributed by atoms with Gasteiger partial charge >= 0.3 is 11.6 Å². The fourth-order valence-electron chi connectivity index (χ4n) is 2.43. The number of aliphatic carboxylic acids is 1. The number of carboxylic acids is 1. The highest BCUT2D eigenvalue weighted by Crippen LogP contribution is 2.30. The molecule has 2 amide bonds. The van der Waals surface area contributed by atoms with Crippen molar-refractivity contribution in [3.8, 4) is 5.75 Å². The van der Waals surface area contributed by atoms with E-state index in [0.717, 1.165) is 0 Å². The standard InChI is InChI=1S/C17H17ClN2O7/c1-8-9(2-3-14(22)19-6-15(23)20-7-16(24)25)17(26)27-13-5-12(21)11(18)4-10(8)13/h4-5,21H,2-3,6-7H2,1H3,(H,19,22)(H,20,23)(H,24,25). The monoisotopic (exact) mass is 396 g/mol. The lowest BCUT2D eigenvalue weighted by Gasteiger charge is -2.09. The minimum Gasteiger partial charge on any atom is -0.506 e. The summed E-state index contributed by atoms with van der Waals surface area (Å²) < 4.78 is 5.17. The van der Waals surface area contributed by atoms with Gasteiger partial charge in [-0.15, -0.1) is 0 Å². The predicted octanol–water partition coefficient (Wildman–Crippen LogP) is 0.710. The molecule has 144 valence electrons. The molecule has 9 nitrogen and oxygen atoms in total. The molecule has 27 heavy (non-hydrogen) atoms. The SMILES string of the molecule is Cc1c(CCC(=O)NCC(=O)NCC(=O)O)c(=O)oc2cc(O)c(Cl)cc12. The highest BCUT2D eigenvalue weighted by molar-refractivity contribution is 6.32. The van der Waals surface area contributed by atoms with E-state index in [1.165, 1.54) is 12.1 Å². The van der Waals surface area contributed by atoms with Gasteiger partial charge in [-0.1, -0.05) is 11.6 Å². The zero-order chi connectivity index (χ0) is 20.1. The number of aryl methyl sites for hydroxylation is 1. The Morgan fingerprint density at radius 1 is 1.15 bits per heavy atom. The fraction of sp³-hybridized carbons (Fsp3) is 0.294. The number of carbonyl (C=O) groups excluding carboxylic acids is 2. The lowest BCUT2D eigenvalue weighted by molar-refractivity contribution is -0.137. The molecule has 0 unspecified atom stereocenters. The first-order chi connectivity index (χ1) is 12.7. The number of amides is 2. The lowest BCUT2D eigenvalue weighted by atomic mass is 10.0. The van der Waals surface area contributed by atoms with E-state index in [9.17, 15) is 24.3 Å². The second kappa shape index (κ2) is 8.54. The second-order valence-electron chi connectivity index (χ2n) is 5.74. The van der Waals surface area contributed by atoms with E-state index in [0.29, 0.717) is 10.9 Å². The van der Waals surface area contributed by atoms with Crippen LogP contribution in [0.2, 0.25) is 5.02 Å². The average Bonchev–Trinajstić information content (AvgIpc) is 2.60. The van der Waals surface area contributed by atoms with Crippen molar-refractivity contribution in [3.63, 3.8) is 0 Å². The first kappa shape index (κ1) is 20.2. The molecule has 10 heteroatoms. The average molecular weight is 397 g/mol. The Morgan fingerprint density at radius 2 is 1.81 bits per heavy atom. The van der Waals surface area contributed by atoms with Crippen molar-refractivity contribution < 1.29 is 29.0 Å². The number of rotatable bonds is 7. The van der Waals surface area contributed by atoms with E-state index in [2.05, 4.69) is 10.6 Å². The summed E-state index contributed by atoms with van der Waals surface area (Å²) in [5, 5.41) is 23.1. The van der Waals surface area contributed by atoms with Crippen molar-refractivity contribution in [2.24, 2.45) is 0 Å². The molecule has 0 bridgehead atoms. The third-order valence-electron chi connectivity index (χ3n) is 3.84. The Labute approximate surface area is 157 Å². The zero-order valence-corrected chi connectivity index (χ0v) is 15.1. The van der Waals surface area contributed by atoms with Crippen LogP contribution in [0, 0.1) is 6.92 Å². The maximum absolute atomic E-state index is 12.1. The summed E-state index contributed by atoms with van der Waals surface area (Å²) in [4.78, 5) is 45.7. The molecule has 0 saturated heterocycles. The summed E-state index contributed by atoms with van der Waals surface area (Å²) in [6, 6.07) is 2.72. The molecule has 1 aromatic heterocycles. The summed E-state index contributed by atoms with van der Waals surface area (Å²) >= 11 is 5.89. The van der Waals surface area contributed by atoms with Crippen LogP contribution in [0.25, 0.3) is 11.0 Å². The summed E-state index contributed by atoms with van der Waals surface area (Å²) in [5.41, 5.74) is 0.418. The molecule has 0 aliphatic carbocycles. The van der Waals surface area contributed by atoms with Gasteiger partial charge in [-0.3, -0.25) is 14.4 Å². The molecule has 0 aliphatic rings. The molecule has 0 saturated carbocycles. The number of carboxylic acid groups (broad SMARTS) is 1.